The molecule has 1 N–H and O–H groups in total. The molecule has 0 saturated heterocycles. The second kappa shape index (κ2) is 4.77. The molecule has 69 valence electrons. The largest absolute Gasteiger partial charge is 0.395 e. The van der Waals surface area contributed by atoms with E-state index in [1.807, 2.05) is 19.1 Å². The lowest BCUT2D eigenvalue weighted by molar-refractivity contribution is 0.315. The molecule has 0 unspecified atom stereocenters. The second-order valence-corrected chi connectivity index (χ2v) is 4.16. The minimum Gasteiger partial charge on any atom is -0.395 e. The highest BCUT2D eigenvalue weighted by Crippen LogP contribution is 2.19. The van der Waals surface area contributed by atoms with E-state index >= 15 is 0 Å². The average Bonchev–Trinajstić information content (AvgIpc) is 2.15. The zero-order chi connectivity index (χ0) is 9.84. The summed E-state index contributed by atoms with van der Waals surface area (Å²) in [5.74, 6) is 0.988. The van der Waals surface area contributed by atoms with Gasteiger partial charge in [-0.3, -0.25) is 0 Å². The van der Waals surface area contributed by atoms with Gasteiger partial charge in [0.2, 0.25) is 0 Å². The fourth-order valence-corrected chi connectivity index (χ4v) is 1.76. The third kappa shape index (κ3) is 2.81. The molecule has 0 bridgehead atoms. The minimum absolute atomic E-state index is 0.108. The van der Waals surface area contributed by atoms with Crippen molar-refractivity contribution in [2.45, 2.75) is 6.92 Å². The van der Waals surface area contributed by atoms with Crippen LogP contribution in [0.4, 0.5) is 0 Å². The molecule has 0 saturated carbocycles. The SMILES string of the molecule is C=Cc1cc(I)cc([C](C)CO)c1. The molecule has 0 fully saturated rings. The molecule has 0 aliphatic carbocycles. The quantitative estimate of drug-likeness (QED) is 0.848. The van der Waals surface area contributed by atoms with Crippen molar-refractivity contribution in [2.24, 2.45) is 0 Å². The standard InChI is InChI=1S/C11H12IO/c1-3-9-4-10(8(2)7-13)6-11(12)5-9/h3-6,13H,1,7H2,2H3. The van der Waals surface area contributed by atoms with E-state index in [0.717, 1.165) is 20.6 Å². The molecule has 1 aromatic rings. The Kier molecular flexibility index (Phi) is 3.93. The highest BCUT2D eigenvalue weighted by molar-refractivity contribution is 14.1. The van der Waals surface area contributed by atoms with Gasteiger partial charge < -0.3 is 5.11 Å². The smallest absolute Gasteiger partial charge is 0.0534 e. The molecular weight excluding hydrogens is 275 g/mol. The number of aliphatic hydroxyl groups is 1. The maximum absolute atomic E-state index is 8.98. The van der Waals surface area contributed by atoms with Crippen molar-refractivity contribution in [2.75, 3.05) is 6.61 Å². The van der Waals surface area contributed by atoms with Gasteiger partial charge in [-0.15, -0.1) is 0 Å². The molecule has 1 nitrogen and oxygen atoms in total. The van der Waals surface area contributed by atoms with Crippen molar-refractivity contribution in [3.05, 3.63) is 45.4 Å². The second-order valence-electron chi connectivity index (χ2n) is 2.92. The number of halogens is 1. The van der Waals surface area contributed by atoms with E-state index in [1.54, 1.807) is 0 Å². The van der Waals surface area contributed by atoms with Gasteiger partial charge in [0.25, 0.3) is 0 Å². The maximum Gasteiger partial charge on any atom is 0.0534 e. The third-order valence-electron chi connectivity index (χ3n) is 1.89. The summed E-state index contributed by atoms with van der Waals surface area (Å²) < 4.78 is 1.16. The average molecular weight is 287 g/mol. The first-order valence-electron chi connectivity index (χ1n) is 4.04. The normalized spacial score (nSPS) is 10.5. The molecule has 0 aliphatic heterocycles. The van der Waals surface area contributed by atoms with Crippen LogP contribution in [0, 0.1) is 9.49 Å². The molecule has 0 amide bonds. The van der Waals surface area contributed by atoms with Crippen LogP contribution in [-0.2, 0) is 0 Å². The fourth-order valence-electron chi connectivity index (χ4n) is 1.07. The Labute approximate surface area is 92.6 Å². The molecule has 1 aromatic carbocycles. The van der Waals surface area contributed by atoms with Gasteiger partial charge in [0.05, 0.1) is 6.61 Å². The first-order valence-corrected chi connectivity index (χ1v) is 5.12. The van der Waals surface area contributed by atoms with E-state index < -0.39 is 0 Å². The molecule has 1 rings (SSSR count). The molecule has 2 heteroatoms. The first kappa shape index (κ1) is 10.7. The summed E-state index contributed by atoms with van der Waals surface area (Å²) in [5, 5.41) is 8.98. The Morgan fingerprint density at radius 2 is 2.23 bits per heavy atom. The predicted octanol–water partition coefficient (Wildman–Crippen LogP) is 2.87. The number of hydrogen-bond donors (Lipinski definition) is 1. The monoisotopic (exact) mass is 287 g/mol. The minimum atomic E-state index is 0.108. The molecule has 0 aromatic heterocycles. The van der Waals surface area contributed by atoms with Crippen LogP contribution in [0.15, 0.2) is 24.8 Å². The lowest BCUT2D eigenvalue weighted by atomic mass is 10.00. The van der Waals surface area contributed by atoms with E-state index in [9.17, 15) is 0 Å². The molecule has 0 aliphatic rings. The number of rotatable bonds is 3. The Morgan fingerprint density at radius 1 is 1.54 bits per heavy atom. The van der Waals surface area contributed by atoms with E-state index in [-0.39, 0.29) is 6.61 Å². The molecule has 0 spiro atoms. The zero-order valence-electron chi connectivity index (χ0n) is 7.55. The van der Waals surface area contributed by atoms with E-state index in [0.29, 0.717) is 0 Å². The summed E-state index contributed by atoms with van der Waals surface area (Å²) in [6.07, 6.45) is 1.82. The van der Waals surface area contributed by atoms with Crippen molar-refractivity contribution in [1.82, 2.24) is 0 Å². The summed E-state index contributed by atoms with van der Waals surface area (Å²) in [6, 6.07) is 6.14. The predicted molar refractivity (Wildman–Crippen MR) is 64.4 cm³/mol. The van der Waals surface area contributed by atoms with Gasteiger partial charge in [-0.1, -0.05) is 25.6 Å². The summed E-state index contributed by atoms with van der Waals surface area (Å²) >= 11 is 2.26. The van der Waals surface area contributed by atoms with Crippen molar-refractivity contribution >= 4 is 28.7 Å². The summed E-state index contributed by atoms with van der Waals surface area (Å²) in [6.45, 7) is 5.76. The molecule has 1 radical (unpaired) electrons. The van der Waals surface area contributed by atoms with Crippen LogP contribution >= 0.6 is 22.6 Å². The highest BCUT2D eigenvalue weighted by atomic mass is 127. The maximum atomic E-state index is 8.98. The first-order chi connectivity index (χ1) is 6.17. The summed E-state index contributed by atoms with van der Waals surface area (Å²) in [4.78, 5) is 0. The Morgan fingerprint density at radius 3 is 2.77 bits per heavy atom. The van der Waals surface area contributed by atoms with Crippen LogP contribution in [0.25, 0.3) is 6.08 Å². The van der Waals surface area contributed by atoms with Crippen LogP contribution < -0.4 is 0 Å². The molecular formula is C11H12IO. The molecule has 13 heavy (non-hydrogen) atoms. The third-order valence-corrected chi connectivity index (χ3v) is 2.51. The summed E-state index contributed by atoms with van der Waals surface area (Å²) in [5.41, 5.74) is 2.18. The highest BCUT2D eigenvalue weighted by Gasteiger charge is 2.05. The summed E-state index contributed by atoms with van der Waals surface area (Å²) in [7, 11) is 0. The van der Waals surface area contributed by atoms with Gasteiger partial charge in [0.1, 0.15) is 0 Å². The topological polar surface area (TPSA) is 20.2 Å². The Bertz CT molecular complexity index is 307. The van der Waals surface area contributed by atoms with Crippen molar-refractivity contribution < 1.29 is 5.11 Å². The van der Waals surface area contributed by atoms with E-state index in [4.69, 9.17) is 5.11 Å². The molecule has 0 atom stereocenters. The fraction of sp³-hybridized carbons (Fsp3) is 0.182. The van der Waals surface area contributed by atoms with Crippen molar-refractivity contribution in [3.8, 4) is 0 Å². The van der Waals surface area contributed by atoms with Crippen molar-refractivity contribution in [1.29, 1.82) is 0 Å². The van der Waals surface area contributed by atoms with Crippen LogP contribution in [0.5, 0.6) is 0 Å². The number of hydrogen-bond acceptors (Lipinski definition) is 1. The van der Waals surface area contributed by atoms with Gasteiger partial charge in [-0.25, -0.2) is 0 Å². The number of benzene rings is 1. The molecule has 0 heterocycles. The zero-order valence-corrected chi connectivity index (χ0v) is 9.71. The Balaban J connectivity index is 3.07. The van der Waals surface area contributed by atoms with Crippen LogP contribution in [0.2, 0.25) is 0 Å². The van der Waals surface area contributed by atoms with Crippen LogP contribution in [0.3, 0.4) is 0 Å². The van der Waals surface area contributed by atoms with Gasteiger partial charge in [0.15, 0.2) is 0 Å². The van der Waals surface area contributed by atoms with Crippen LogP contribution in [0.1, 0.15) is 18.1 Å². The number of aliphatic hydroxyl groups excluding tert-OH is 1. The van der Waals surface area contributed by atoms with Crippen molar-refractivity contribution in [3.63, 3.8) is 0 Å². The van der Waals surface area contributed by atoms with E-state index in [2.05, 4.69) is 41.3 Å². The Hall–Kier alpha value is -0.350. The van der Waals surface area contributed by atoms with Gasteiger partial charge in [0, 0.05) is 9.49 Å². The van der Waals surface area contributed by atoms with E-state index in [1.165, 1.54) is 0 Å². The van der Waals surface area contributed by atoms with Gasteiger partial charge >= 0.3 is 0 Å². The lowest BCUT2D eigenvalue weighted by Crippen LogP contribution is -2.00. The lowest BCUT2D eigenvalue weighted by Gasteiger charge is -2.09. The van der Waals surface area contributed by atoms with Gasteiger partial charge in [-0.05, 0) is 45.9 Å². The van der Waals surface area contributed by atoms with Crippen LogP contribution in [-0.4, -0.2) is 11.7 Å². The van der Waals surface area contributed by atoms with Gasteiger partial charge in [-0.2, -0.15) is 0 Å².